The second-order valence-electron chi connectivity index (χ2n) is 3.70. The summed E-state index contributed by atoms with van der Waals surface area (Å²) < 4.78 is 5.09. The quantitative estimate of drug-likeness (QED) is 0.846. The van der Waals surface area contributed by atoms with Crippen LogP contribution in [0.5, 0.6) is 0 Å². The predicted molar refractivity (Wildman–Crippen MR) is 61.9 cm³/mol. The summed E-state index contributed by atoms with van der Waals surface area (Å²) in [5.41, 5.74) is 5.96. The summed E-state index contributed by atoms with van der Waals surface area (Å²) >= 11 is 0. The Bertz CT molecular complexity index is 493. The summed E-state index contributed by atoms with van der Waals surface area (Å²) in [6.45, 7) is 0. The number of amides is 1. The molecule has 0 aliphatic heterocycles. The van der Waals surface area contributed by atoms with Gasteiger partial charge in [0.2, 0.25) is 17.6 Å². The third kappa shape index (κ3) is 3.14. The van der Waals surface area contributed by atoms with Gasteiger partial charge in [0.15, 0.2) is 0 Å². The number of benzene rings is 1. The molecule has 0 bridgehead atoms. The minimum Gasteiger partial charge on any atom is -0.370 e. The van der Waals surface area contributed by atoms with Crippen molar-refractivity contribution in [3.63, 3.8) is 0 Å². The first-order valence-corrected chi connectivity index (χ1v) is 5.42. The molecule has 0 unspecified atom stereocenters. The van der Waals surface area contributed by atoms with Gasteiger partial charge in [0, 0.05) is 18.4 Å². The van der Waals surface area contributed by atoms with E-state index in [0.29, 0.717) is 31.0 Å². The molecule has 0 aliphatic rings. The van der Waals surface area contributed by atoms with Crippen LogP contribution in [0.3, 0.4) is 0 Å². The van der Waals surface area contributed by atoms with Gasteiger partial charge in [0.05, 0.1) is 0 Å². The summed E-state index contributed by atoms with van der Waals surface area (Å²) in [4.78, 5) is 14.8. The van der Waals surface area contributed by atoms with Gasteiger partial charge in [-0.05, 0) is 6.42 Å². The van der Waals surface area contributed by atoms with Crippen LogP contribution in [-0.2, 0) is 11.2 Å². The zero-order chi connectivity index (χ0) is 12.1. The van der Waals surface area contributed by atoms with Crippen molar-refractivity contribution in [3.8, 4) is 11.4 Å². The lowest BCUT2D eigenvalue weighted by molar-refractivity contribution is -0.118. The Hall–Kier alpha value is -2.17. The molecule has 2 N–H and O–H groups in total. The Morgan fingerprint density at radius 2 is 2.06 bits per heavy atom. The van der Waals surface area contributed by atoms with Crippen molar-refractivity contribution in [3.05, 3.63) is 36.2 Å². The first-order valence-electron chi connectivity index (χ1n) is 5.42. The summed E-state index contributed by atoms with van der Waals surface area (Å²) in [6.07, 6.45) is 1.54. The monoisotopic (exact) mass is 231 g/mol. The topological polar surface area (TPSA) is 82.0 Å². The highest BCUT2D eigenvalue weighted by atomic mass is 16.5. The Labute approximate surface area is 98.6 Å². The van der Waals surface area contributed by atoms with E-state index in [0.717, 1.165) is 5.56 Å². The van der Waals surface area contributed by atoms with E-state index in [1.54, 1.807) is 0 Å². The standard InChI is InChI=1S/C12H13N3O2/c13-10(16)7-4-8-11-14-12(15-17-11)9-5-2-1-3-6-9/h1-3,5-6H,4,7-8H2,(H2,13,16). The summed E-state index contributed by atoms with van der Waals surface area (Å²) in [7, 11) is 0. The van der Waals surface area contributed by atoms with Gasteiger partial charge < -0.3 is 10.3 Å². The smallest absolute Gasteiger partial charge is 0.226 e. The SMILES string of the molecule is NC(=O)CCCc1nc(-c2ccccc2)no1. The number of primary amides is 1. The second kappa shape index (κ2) is 5.25. The minimum atomic E-state index is -0.312. The lowest BCUT2D eigenvalue weighted by Crippen LogP contribution is -2.10. The molecule has 0 saturated heterocycles. The van der Waals surface area contributed by atoms with E-state index >= 15 is 0 Å². The second-order valence-corrected chi connectivity index (χ2v) is 3.70. The summed E-state index contributed by atoms with van der Waals surface area (Å²) in [6, 6.07) is 9.59. The number of hydrogen-bond acceptors (Lipinski definition) is 4. The molecule has 5 nitrogen and oxygen atoms in total. The largest absolute Gasteiger partial charge is 0.370 e. The Morgan fingerprint density at radius 1 is 1.29 bits per heavy atom. The van der Waals surface area contributed by atoms with Crippen LogP contribution in [0.15, 0.2) is 34.9 Å². The maximum Gasteiger partial charge on any atom is 0.226 e. The van der Waals surface area contributed by atoms with Crippen LogP contribution in [0.4, 0.5) is 0 Å². The first kappa shape index (κ1) is 11.3. The molecule has 5 heteroatoms. The normalized spacial score (nSPS) is 10.4. The lowest BCUT2D eigenvalue weighted by Gasteiger charge is -1.92. The highest BCUT2D eigenvalue weighted by molar-refractivity contribution is 5.73. The number of rotatable bonds is 5. The predicted octanol–water partition coefficient (Wildman–Crippen LogP) is 1.54. The number of hydrogen-bond donors (Lipinski definition) is 1. The highest BCUT2D eigenvalue weighted by Crippen LogP contribution is 2.15. The number of nitrogens with zero attached hydrogens (tertiary/aromatic N) is 2. The van der Waals surface area contributed by atoms with E-state index in [2.05, 4.69) is 10.1 Å². The minimum absolute atomic E-state index is 0.312. The van der Waals surface area contributed by atoms with Crippen LogP contribution in [0.1, 0.15) is 18.7 Å². The third-order valence-corrected chi connectivity index (χ3v) is 2.31. The van der Waals surface area contributed by atoms with E-state index in [1.807, 2.05) is 30.3 Å². The van der Waals surface area contributed by atoms with Crippen LogP contribution in [0.25, 0.3) is 11.4 Å². The number of carbonyl (C=O) groups excluding carboxylic acids is 1. The van der Waals surface area contributed by atoms with Crippen molar-refractivity contribution in [2.45, 2.75) is 19.3 Å². The van der Waals surface area contributed by atoms with E-state index in [4.69, 9.17) is 10.3 Å². The van der Waals surface area contributed by atoms with Crippen LogP contribution in [-0.4, -0.2) is 16.0 Å². The molecule has 17 heavy (non-hydrogen) atoms. The molecule has 1 aromatic heterocycles. The average Bonchev–Trinajstić information content (AvgIpc) is 2.78. The molecular weight excluding hydrogens is 218 g/mol. The average molecular weight is 231 g/mol. The van der Waals surface area contributed by atoms with Crippen LogP contribution >= 0.6 is 0 Å². The molecule has 0 aliphatic carbocycles. The van der Waals surface area contributed by atoms with Crippen molar-refractivity contribution >= 4 is 5.91 Å². The molecular formula is C12H13N3O2. The zero-order valence-corrected chi connectivity index (χ0v) is 9.30. The van der Waals surface area contributed by atoms with Crippen molar-refractivity contribution in [2.75, 3.05) is 0 Å². The van der Waals surface area contributed by atoms with E-state index in [1.165, 1.54) is 0 Å². The van der Waals surface area contributed by atoms with Gasteiger partial charge in [-0.2, -0.15) is 4.98 Å². The van der Waals surface area contributed by atoms with E-state index in [9.17, 15) is 4.79 Å². The molecule has 0 saturated carbocycles. The van der Waals surface area contributed by atoms with Gasteiger partial charge in [0.1, 0.15) is 0 Å². The van der Waals surface area contributed by atoms with E-state index < -0.39 is 0 Å². The zero-order valence-electron chi connectivity index (χ0n) is 9.30. The van der Waals surface area contributed by atoms with Gasteiger partial charge in [0.25, 0.3) is 0 Å². The van der Waals surface area contributed by atoms with Gasteiger partial charge in [-0.1, -0.05) is 35.5 Å². The van der Waals surface area contributed by atoms with E-state index in [-0.39, 0.29) is 5.91 Å². The molecule has 2 aromatic rings. The molecule has 88 valence electrons. The molecule has 0 atom stereocenters. The fraction of sp³-hybridized carbons (Fsp3) is 0.250. The Morgan fingerprint density at radius 3 is 2.76 bits per heavy atom. The number of carbonyl (C=O) groups is 1. The van der Waals surface area contributed by atoms with Gasteiger partial charge in [-0.3, -0.25) is 4.79 Å². The molecule has 1 aromatic carbocycles. The van der Waals surface area contributed by atoms with Crippen LogP contribution in [0.2, 0.25) is 0 Å². The molecule has 1 heterocycles. The Balaban J connectivity index is 1.99. The summed E-state index contributed by atoms with van der Waals surface area (Å²) in [5.74, 6) is 0.789. The van der Waals surface area contributed by atoms with Crippen molar-refractivity contribution in [1.29, 1.82) is 0 Å². The maximum atomic E-state index is 10.6. The fourth-order valence-corrected chi connectivity index (χ4v) is 1.47. The van der Waals surface area contributed by atoms with Crippen molar-refractivity contribution < 1.29 is 9.32 Å². The number of aromatic nitrogens is 2. The Kier molecular flexibility index (Phi) is 3.49. The van der Waals surface area contributed by atoms with Crippen molar-refractivity contribution in [2.24, 2.45) is 5.73 Å². The van der Waals surface area contributed by atoms with Crippen LogP contribution in [0, 0.1) is 0 Å². The number of nitrogens with two attached hydrogens (primary N) is 1. The van der Waals surface area contributed by atoms with Crippen LogP contribution < -0.4 is 5.73 Å². The van der Waals surface area contributed by atoms with Crippen molar-refractivity contribution in [1.82, 2.24) is 10.1 Å². The molecule has 2 rings (SSSR count). The first-order chi connectivity index (χ1) is 8.25. The van der Waals surface area contributed by atoms with Gasteiger partial charge in [-0.25, -0.2) is 0 Å². The number of aryl methyl sites for hydroxylation is 1. The molecule has 0 radical (unpaired) electrons. The third-order valence-electron chi connectivity index (χ3n) is 2.31. The maximum absolute atomic E-state index is 10.6. The van der Waals surface area contributed by atoms with Gasteiger partial charge >= 0.3 is 0 Å². The fourth-order valence-electron chi connectivity index (χ4n) is 1.47. The molecule has 1 amide bonds. The lowest BCUT2D eigenvalue weighted by atomic mass is 10.2. The molecule has 0 fully saturated rings. The van der Waals surface area contributed by atoms with Gasteiger partial charge in [-0.15, -0.1) is 0 Å². The molecule has 0 spiro atoms. The highest BCUT2D eigenvalue weighted by Gasteiger charge is 2.08. The summed E-state index contributed by atoms with van der Waals surface area (Å²) in [5, 5.41) is 3.88.